The Balaban J connectivity index is 0.000000552. The van der Waals surface area contributed by atoms with Gasteiger partial charge in [0.2, 0.25) is 0 Å². The van der Waals surface area contributed by atoms with E-state index in [0.717, 1.165) is 53.1 Å². The van der Waals surface area contributed by atoms with Crippen LogP contribution in [-0.4, -0.2) is 21.2 Å². The lowest BCUT2D eigenvalue weighted by molar-refractivity contribution is -0.0980. The first kappa shape index (κ1) is 29.2. The van der Waals surface area contributed by atoms with Gasteiger partial charge in [-0.25, -0.2) is 18.2 Å². The second kappa shape index (κ2) is 12.9. The number of fused-ring (bicyclic) bond motifs is 1. The lowest BCUT2D eigenvalue weighted by Gasteiger charge is -2.16. The first-order valence-electron chi connectivity index (χ1n) is 12.4. The second-order valence-electron chi connectivity index (χ2n) is 9.23. The van der Waals surface area contributed by atoms with Crippen LogP contribution in [-0.2, 0) is 4.79 Å². The molecule has 0 aliphatic carbocycles. The highest BCUT2D eigenvalue weighted by Gasteiger charge is 2.17. The number of hydrogen-bond donors (Lipinski definition) is 2. The summed E-state index contributed by atoms with van der Waals surface area (Å²) in [6.07, 6.45) is 9.84. The van der Waals surface area contributed by atoms with Crippen LogP contribution in [0, 0.1) is 31.3 Å². The summed E-state index contributed by atoms with van der Waals surface area (Å²) in [6.45, 7) is 9.90. The number of nitrogens with two attached hydrogens (primary N) is 1. The predicted octanol–water partition coefficient (Wildman–Crippen LogP) is 7.41. The molecule has 1 aromatic carbocycles. The fourth-order valence-electron chi connectivity index (χ4n) is 4.11. The van der Waals surface area contributed by atoms with Crippen LogP contribution in [0.5, 0.6) is 0 Å². The predicted molar refractivity (Wildman–Crippen MR) is 153 cm³/mol. The zero-order valence-corrected chi connectivity index (χ0v) is 22.5. The number of anilines is 1. The van der Waals surface area contributed by atoms with Crippen LogP contribution in [0.1, 0.15) is 52.9 Å². The Kier molecular flexibility index (Phi) is 9.65. The van der Waals surface area contributed by atoms with Gasteiger partial charge in [-0.05, 0) is 76.8 Å². The molecule has 208 valence electrons. The summed E-state index contributed by atoms with van der Waals surface area (Å²) in [7, 11) is 0. The van der Waals surface area contributed by atoms with Crippen molar-refractivity contribution in [2.75, 3.05) is 5.73 Å². The summed E-state index contributed by atoms with van der Waals surface area (Å²) in [5.41, 5.74) is 12.7. The zero-order chi connectivity index (χ0) is 28.7. The Morgan fingerprint density at radius 1 is 1.05 bits per heavy atom. The maximum atomic E-state index is 14.4. The minimum absolute atomic E-state index is 0. The number of allylic oxidation sites excluding steroid dienone is 3. The van der Waals surface area contributed by atoms with Gasteiger partial charge in [0.15, 0.2) is 5.82 Å². The maximum Gasteiger partial charge on any atom is 0.156 e. The number of rotatable bonds is 2. The number of hydrogen-bond acceptors (Lipinski definition) is 5. The van der Waals surface area contributed by atoms with Crippen LogP contribution < -0.4 is 11.1 Å². The average Bonchev–Trinajstić information content (AvgIpc) is 3.34. The fraction of sp³-hybridized carbons (Fsp3) is 0.233. The molecule has 1 aliphatic rings. The zero-order valence-electron chi connectivity index (χ0n) is 22.5. The summed E-state index contributed by atoms with van der Waals surface area (Å²) >= 11 is 0. The van der Waals surface area contributed by atoms with Crippen molar-refractivity contribution in [3.8, 4) is 11.1 Å². The first-order chi connectivity index (χ1) is 18.7. The molecule has 0 saturated heterocycles. The number of nitrogens with zero attached hydrogens (tertiary/aromatic N) is 3. The number of carbonyl (C=O) groups excluding carboxylic acids is 1. The van der Waals surface area contributed by atoms with Gasteiger partial charge in [-0.3, -0.25) is 4.98 Å². The Labute approximate surface area is 229 Å². The molecule has 4 aromatic rings. The summed E-state index contributed by atoms with van der Waals surface area (Å²) in [4.78, 5) is 16.3. The van der Waals surface area contributed by atoms with Crippen molar-refractivity contribution in [2.24, 2.45) is 0 Å². The van der Waals surface area contributed by atoms with Crippen molar-refractivity contribution in [3.05, 3.63) is 101 Å². The van der Waals surface area contributed by atoms with Gasteiger partial charge < -0.3 is 20.2 Å². The molecule has 0 amide bonds. The number of nitrogens with one attached hydrogen (secondary N) is 1. The molecule has 4 heterocycles. The van der Waals surface area contributed by atoms with Crippen molar-refractivity contribution in [1.82, 2.24) is 19.7 Å². The number of imidazole rings is 1. The van der Waals surface area contributed by atoms with E-state index in [1.165, 1.54) is 30.0 Å². The number of pyridine rings is 2. The van der Waals surface area contributed by atoms with Crippen LogP contribution in [0.15, 0.2) is 66.4 Å². The van der Waals surface area contributed by atoms with Crippen LogP contribution in [0.4, 0.5) is 18.9 Å². The van der Waals surface area contributed by atoms with E-state index in [1.807, 2.05) is 26.7 Å². The van der Waals surface area contributed by atoms with Crippen LogP contribution in [0.2, 0.25) is 0 Å². The minimum atomic E-state index is -0.750. The van der Waals surface area contributed by atoms with Gasteiger partial charge in [0.1, 0.15) is 30.4 Å². The number of aromatic nitrogens is 3. The van der Waals surface area contributed by atoms with Gasteiger partial charge >= 0.3 is 0 Å². The molecule has 0 radical (unpaired) electrons. The van der Waals surface area contributed by atoms with E-state index in [0.29, 0.717) is 5.56 Å². The summed E-state index contributed by atoms with van der Waals surface area (Å²) < 4.78 is 42.7. The van der Waals surface area contributed by atoms with E-state index in [-0.39, 0.29) is 19.9 Å². The molecule has 0 spiro atoms. The highest BCUT2D eigenvalue weighted by Crippen LogP contribution is 2.31. The quantitative estimate of drug-likeness (QED) is 0.259. The average molecular weight is 540 g/mol. The fourth-order valence-corrected chi connectivity index (χ4v) is 4.11. The lowest BCUT2D eigenvalue weighted by atomic mass is 10.0. The van der Waals surface area contributed by atoms with Gasteiger partial charge in [0, 0.05) is 26.0 Å². The van der Waals surface area contributed by atoms with E-state index in [4.69, 9.17) is 10.5 Å². The molecule has 5 rings (SSSR count). The molecule has 6 nitrogen and oxygen atoms in total. The Morgan fingerprint density at radius 2 is 1.79 bits per heavy atom. The monoisotopic (exact) mass is 539 g/mol. The molecule has 3 aromatic heterocycles. The van der Waals surface area contributed by atoms with Crippen LogP contribution >= 0.6 is 0 Å². The number of halogens is 3. The normalized spacial score (nSPS) is 16.4. The first-order valence-corrected chi connectivity index (χ1v) is 12.4. The lowest BCUT2D eigenvalue weighted by Crippen LogP contribution is -2.13. The molecule has 0 saturated carbocycles. The number of aryl methyl sites for hydroxylation is 2. The Bertz CT molecular complexity index is 1550. The van der Waals surface area contributed by atoms with Crippen molar-refractivity contribution >= 4 is 23.7 Å². The molecular formula is C30H36F3N5O. The van der Waals surface area contributed by atoms with E-state index >= 15 is 0 Å². The SMILES string of the molecule is C/C1=C(\C)N/C(c2ncn3cc(-c4c(F)ccc(N)c4F)ccc23)=C/CCC1.C=O.Cc1cc(F)cnc1C.[HH].[HH]. The minimum Gasteiger partial charge on any atom is -0.396 e. The number of nitrogen functional groups attached to an aromatic ring is 1. The summed E-state index contributed by atoms with van der Waals surface area (Å²) in [5.74, 6) is -1.66. The molecule has 3 N–H and O–H groups in total. The third-order valence-corrected chi connectivity index (χ3v) is 6.57. The van der Waals surface area contributed by atoms with Crippen molar-refractivity contribution < 1.29 is 20.8 Å². The number of carbonyl (C=O) groups is 1. The van der Waals surface area contributed by atoms with E-state index in [2.05, 4.69) is 35.2 Å². The molecule has 0 bridgehead atoms. The van der Waals surface area contributed by atoms with Gasteiger partial charge in [0.05, 0.1) is 28.7 Å². The largest absolute Gasteiger partial charge is 0.396 e. The van der Waals surface area contributed by atoms with Gasteiger partial charge in [-0.2, -0.15) is 0 Å². The molecule has 39 heavy (non-hydrogen) atoms. The summed E-state index contributed by atoms with van der Waals surface area (Å²) in [6, 6.07) is 7.40. The van der Waals surface area contributed by atoms with Crippen molar-refractivity contribution in [3.63, 3.8) is 0 Å². The highest BCUT2D eigenvalue weighted by molar-refractivity contribution is 5.78. The molecule has 9 heteroatoms. The van der Waals surface area contributed by atoms with E-state index in [1.54, 1.807) is 23.0 Å². The van der Waals surface area contributed by atoms with Gasteiger partial charge in [0.25, 0.3) is 0 Å². The standard InChI is InChI=1S/C22H22F2N4.C7H8FN.CH2O.2H2/c1-13-5-3-4-6-18(27-14(13)2)22-19-10-7-15(11-28(19)12-26-22)20-16(23)8-9-17(25)21(20)24;1-5-3-7(8)4-9-6(5)2;1-2;;/h6-12,27H,3-5,25H2,1-2H3;3-4H,1-2H3;1H2;2*1H/b14-13-,18-6+;;;;. The van der Waals surface area contributed by atoms with Crippen molar-refractivity contribution in [2.45, 2.75) is 47.0 Å². The van der Waals surface area contributed by atoms with Crippen LogP contribution in [0.25, 0.3) is 22.3 Å². The van der Waals surface area contributed by atoms with E-state index in [9.17, 15) is 13.2 Å². The van der Waals surface area contributed by atoms with Crippen LogP contribution in [0.3, 0.4) is 0 Å². The third-order valence-electron chi connectivity index (χ3n) is 6.57. The second-order valence-corrected chi connectivity index (χ2v) is 9.23. The molecule has 0 unspecified atom stereocenters. The Hall–Kier alpha value is -4.40. The smallest absolute Gasteiger partial charge is 0.156 e. The number of benzene rings is 1. The maximum absolute atomic E-state index is 14.4. The summed E-state index contributed by atoms with van der Waals surface area (Å²) in [5, 5.41) is 3.46. The molecule has 0 fully saturated rings. The van der Waals surface area contributed by atoms with Gasteiger partial charge in [-0.1, -0.05) is 17.7 Å². The highest BCUT2D eigenvalue weighted by atomic mass is 19.1. The Morgan fingerprint density at radius 3 is 2.49 bits per heavy atom. The van der Waals surface area contributed by atoms with Gasteiger partial charge in [-0.15, -0.1) is 0 Å². The van der Waals surface area contributed by atoms with Crippen molar-refractivity contribution in [1.29, 1.82) is 0 Å². The molecule has 1 aliphatic heterocycles. The molecular weight excluding hydrogens is 503 g/mol. The molecule has 0 atom stereocenters. The van der Waals surface area contributed by atoms with E-state index < -0.39 is 11.6 Å². The topological polar surface area (TPSA) is 85.3 Å². The third kappa shape index (κ3) is 6.73.